The monoisotopic (exact) mass is 300 g/mol. The van der Waals surface area contributed by atoms with E-state index in [9.17, 15) is 0 Å². The molecule has 1 atom stereocenters. The second kappa shape index (κ2) is 6.87. The summed E-state index contributed by atoms with van der Waals surface area (Å²) in [4.78, 5) is 18.1. The van der Waals surface area contributed by atoms with Crippen LogP contribution in [0.4, 0.5) is 5.95 Å². The second-order valence-corrected chi connectivity index (χ2v) is 5.78. The highest BCUT2D eigenvalue weighted by Crippen LogP contribution is 2.19. The van der Waals surface area contributed by atoms with Crippen LogP contribution in [0.25, 0.3) is 0 Å². The first-order valence-electron chi connectivity index (χ1n) is 8.04. The highest BCUT2D eigenvalue weighted by atomic mass is 15.3. The number of hydrogen-bond donors (Lipinski definition) is 0. The number of fused-ring (bicyclic) bond motifs is 1. The van der Waals surface area contributed by atoms with Crippen molar-refractivity contribution in [2.45, 2.75) is 26.9 Å². The van der Waals surface area contributed by atoms with Gasteiger partial charge < -0.3 is 14.4 Å². The van der Waals surface area contributed by atoms with E-state index < -0.39 is 0 Å². The van der Waals surface area contributed by atoms with E-state index in [1.54, 1.807) is 12.4 Å². The summed E-state index contributed by atoms with van der Waals surface area (Å²) < 4.78 is 2.27. The molecule has 3 heterocycles. The van der Waals surface area contributed by atoms with E-state index in [1.165, 1.54) is 0 Å². The molecule has 6 nitrogen and oxygen atoms in total. The van der Waals surface area contributed by atoms with Crippen molar-refractivity contribution < 1.29 is 0 Å². The fourth-order valence-corrected chi connectivity index (χ4v) is 3.11. The molecule has 6 heteroatoms. The van der Waals surface area contributed by atoms with Crippen molar-refractivity contribution in [3.63, 3.8) is 0 Å². The van der Waals surface area contributed by atoms with Crippen LogP contribution in [0, 0.1) is 5.92 Å². The Labute approximate surface area is 131 Å². The molecular formula is C16H24N6. The van der Waals surface area contributed by atoms with E-state index in [-0.39, 0.29) is 0 Å². The summed E-state index contributed by atoms with van der Waals surface area (Å²) in [6.07, 6.45) is 7.58. The van der Waals surface area contributed by atoms with Gasteiger partial charge in [0.05, 0.1) is 6.54 Å². The van der Waals surface area contributed by atoms with Gasteiger partial charge in [0, 0.05) is 50.3 Å². The van der Waals surface area contributed by atoms with Crippen LogP contribution in [0.1, 0.15) is 19.7 Å². The highest BCUT2D eigenvalue weighted by molar-refractivity contribution is 5.29. The third-order valence-corrected chi connectivity index (χ3v) is 4.31. The Morgan fingerprint density at radius 3 is 2.59 bits per heavy atom. The van der Waals surface area contributed by atoms with Crippen LogP contribution in [-0.4, -0.2) is 50.6 Å². The molecule has 0 fully saturated rings. The molecule has 0 aromatic carbocycles. The Balaban J connectivity index is 1.83. The van der Waals surface area contributed by atoms with Gasteiger partial charge in [0.2, 0.25) is 5.95 Å². The molecule has 0 spiro atoms. The molecule has 2 aromatic rings. The summed E-state index contributed by atoms with van der Waals surface area (Å²) in [6.45, 7) is 10.5. The van der Waals surface area contributed by atoms with Gasteiger partial charge >= 0.3 is 0 Å². The maximum Gasteiger partial charge on any atom is 0.225 e. The quantitative estimate of drug-likeness (QED) is 0.840. The molecule has 3 rings (SSSR count). The molecule has 0 saturated carbocycles. The Kier molecular flexibility index (Phi) is 4.68. The lowest BCUT2D eigenvalue weighted by Crippen LogP contribution is -2.37. The van der Waals surface area contributed by atoms with Crippen molar-refractivity contribution in [1.29, 1.82) is 0 Å². The Morgan fingerprint density at radius 2 is 1.86 bits per heavy atom. The van der Waals surface area contributed by atoms with Crippen LogP contribution >= 0.6 is 0 Å². The molecule has 0 bridgehead atoms. The van der Waals surface area contributed by atoms with Crippen LogP contribution < -0.4 is 4.90 Å². The molecule has 2 aromatic heterocycles. The number of aromatic nitrogens is 4. The van der Waals surface area contributed by atoms with E-state index in [4.69, 9.17) is 0 Å². The van der Waals surface area contributed by atoms with Crippen LogP contribution in [0.5, 0.6) is 0 Å². The first-order chi connectivity index (χ1) is 10.8. The van der Waals surface area contributed by atoms with E-state index in [2.05, 4.69) is 49.4 Å². The Hall–Kier alpha value is -1.95. The average molecular weight is 300 g/mol. The van der Waals surface area contributed by atoms with E-state index in [0.717, 1.165) is 51.0 Å². The predicted octanol–water partition coefficient (Wildman–Crippen LogP) is 1.65. The zero-order valence-electron chi connectivity index (χ0n) is 13.4. The minimum atomic E-state index is 0.541. The van der Waals surface area contributed by atoms with Gasteiger partial charge in [-0.3, -0.25) is 0 Å². The number of anilines is 1. The normalized spacial score (nSPS) is 18.3. The molecule has 1 aliphatic heterocycles. The van der Waals surface area contributed by atoms with Crippen molar-refractivity contribution in [1.82, 2.24) is 24.4 Å². The van der Waals surface area contributed by atoms with Gasteiger partial charge in [0.1, 0.15) is 5.82 Å². The smallest absolute Gasteiger partial charge is 0.225 e. The van der Waals surface area contributed by atoms with Gasteiger partial charge in [-0.1, -0.05) is 13.8 Å². The molecule has 22 heavy (non-hydrogen) atoms. The summed E-state index contributed by atoms with van der Waals surface area (Å²) >= 11 is 0. The summed E-state index contributed by atoms with van der Waals surface area (Å²) in [5.74, 6) is 2.43. The second-order valence-electron chi connectivity index (χ2n) is 5.78. The lowest BCUT2D eigenvalue weighted by atomic mass is 10.1. The molecule has 1 unspecified atom stereocenters. The van der Waals surface area contributed by atoms with Crippen LogP contribution in [0.2, 0.25) is 0 Å². The topological polar surface area (TPSA) is 50.1 Å². The maximum absolute atomic E-state index is 4.50. The van der Waals surface area contributed by atoms with Gasteiger partial charge in [-0.05, 0) is 19.2 Å². The lowest BCUT2D eigenvalue weighted by Gasteiger charge is -2.28. The Morgan fingerprint density at radius 1 is 1.09 bits per heavy atom. The third kappa shape index (κ3) is 3.27. The number of imidazole rings is 1. The van der Waals surface area contributed by atoms with Crippen molar-refractivity contribution in [3.8, 4) is 0 Å². The van der Waals surface area contributed by atoms with Gasteiger partial charge in [0.15, 0.2) is 0 Å². The minimum Gasteiger partial charge on any atom is -0.333 e. The fourth-order valence-electron chi connectivity index (χ4n) is 3.11. The number of hydrogen-bond acceptors (Lipinski definition) is 5. The fraction of sp³-hybridized carbons (Fsp3) is 0.562. The summed E-state index contributed by atoms with van der Waals surface area (Å²) in [5, 5.41) is 0. The SMILES string of the molecule is CCN(CC)CC1CN(c2ncccn2)Cc2nccn2C1. The van der Waals surface area contributed by atoms with Gasteiger partial charge in [0.25, 0.3) is 0 Å². The van der Waals surface area contributed by atoms with Crippen LogP contribution in [-0.2, 0) is 13.1 Å². The molecule has 1 aliphatic rings. The van der Waals surface area contributed by atoms with Gasteiger partial charge in [-0.2, -0.15) is 0 Å². The van der Waals surface area contributed by atoms with Crippen LogP contribution in [0.15, 0.2) is 30.9 Å². The summed E-state index contributed by atoms with van der Waals surface area (Å²) in [7, 11) is 0. The van der Waals surface area contributed by atoms with Crippen molar-refractivity contribution >= 4 is 5.95 Å². The average Bonchev–Trinajstić information content (AvgIpc) is 2.92. The third-order valence-electron chi connectivity index (χ3n) is 4.31. The van der Waals surface area contributed by atoms with Crippen molar-refractivity contribution in [2.75, 3.05) is 31.1 Å². The minimum absolute atomic E-state index is 0.541. The molecule has 118 valence electrons. The standard InChI is InChI=1S/C16H24N6/c1-3-20(4-2)10-14-11-21-9-8-17-15(21)13-22(12-14)16-18-6-5-7-19-16/h5-9,14H,3-4,10-13H2,1-2H3. The Bertz CT molecular complexity index is 577. The van der Waals surface area contributed by atoms with Gasteiger partial charge in [-0.15, -0.1) is 0 Å². The first-order valence-corrected chi connectivity index (χ1v) is 8.04. The van der Waals surface area contributed by atoms with E-state index >= 15 is 0 Å². The van der Waals surface area contributed by atoms with Crippen molar-refractivity contribution in [2.24, 2.45) is 5.92 Å². The van der Waals surface area contributed by atoms with E-state index in [1.807, 2.05) is 12.3 Å². The van der Waals surface area contributed by atoms with Crippen LogP contribution in [0.3, 0.4) is 0 Å². The maximum atomic E-state index is 4.50. The molecule has 0 N–H and O–H groups in total. The molecule has 0 radical (unpaired) electrons. The predicted molar refractivity (Wildman–Crippen MR) is 86.6 cm³/mol. The van der Waals surface area contributed by atoms with Crippen molar-refractivity contribution in [3.05, 3.63) is 36.7 Å². The molecule has 0 aliphatic carbocycles. The summed E-state index contributed by atoms with van der Waals surface area (Å²) in [5.41, 5.74) is 0. The highest BCUT2D eigenvalue weighted by Gasteiger charge is 2.24. The molecular weight excluding hydrogens is 276 g/mol. The van der Waals surface area contributed by atoms with Gasteiger partial charge in [-0.25, -0.2) is 15.0 Å². The molecule has 0 amide bonds. The zero-order chi connectivity index (χ0) is 15.4. The number of rotatable bonds is 5. The summed E-state index contributed by atoms with van der Waals surface area (Å²) in [6, 6.07) is 1.86. The largest absolute Gasteiger partial charge is 0.333 e. The number of nitrogens with zero attached hydrogens (tertiary/aromatic N) is 6. The van der Waals surface area contributed by atoms with E-state index in [0.29, 0.717) is 5.92 Å². The molecule has 0 saturated heterocycles. The lowest BCUT2D eigenvalue weighted by molar-refractivity contribution is 0.241. The first kappa shape index (κ1) is 15.0. The zero-order valence-corrected chi connectivity index (χ0v) is 13.4.